The van der Waals surface area contributed by atoms with Crippen LogP contribution in [0.25, 0.3) is 0 Å². The van der Waals surface area contributed by atoms with E-state index in [1.165, 1.54) is 26.4 Å². The van der Waals surface area contributed by atoms with Crippen LogP contribution >= 0.6 is 0 Å². The summed E-state index contributed by atoms with van der Waals surface area (Å²) in [4.78, 5) is 23.5. The molecule has 0 heterocycles. The lowest BCUT2D eigenvalue weighted by Crippen LogP contribution is -2.58. The third-order valence-electron chi connectivity index (χ3n) is 4.20. The van der Waals surface area contributed by atoms with Gasteiger partial charge in [-0.15, -0.1) is 0 Å². The van der Waals surface area contributed by atoms with E-state index in [-0.39, 0.29) is 11.8 Å². The molecule has 0 unspecified atom stereocenters. The summed E-state index contributed by atoms with van der Waals surface area (Å²) in [6.45, 7) is 1.82. The number of methoxy groups -OCH3 is 1. The van der Waals surface area contributed by atoms with Crippen LogP contribution < -0.4 is 0 Å². The predicted octanol–water partition coefficient (Wildman–Crippen LogP) is 2.09. The van der Waals surface area contributed by atoms with E-state index in [4.69, 9.17) is 4.74 Å². The zero-order valence-corrected chi connectivity index (χ0v) is 9.47. The Morgan fingerprint density at radius 3 is 2.20 bits per heavy atom. The highest BCUT2D eigenvalue weighted by Gasteiger charge is 2.64. The fourth-order valence-corrected chi connectivity index (χ4v) is 3.25. The van der Waals surface area contributed by atoms with Crippen LogP contribution in [0, 0.1) is 10.8 Å². The van der Waals surface area contributed by atoms with E-state index in [1.54, 1.807) is 0 Å². The highest BCUT2D eigenvalue weighted by molar-refractivity contribution is 6.05. The number of ether oxygens (including phenoxy) is 1. The lowest BCUT2D eigenvalue weighted by atomic mass is 9.44. The third kappa shape index (κ3) is 1.32. The molecule has 0 N–H and O–H groups in total. The largest absolute Gasteiger partial charge is 0.468 e. The van der Waals surface area contributed by atoms with Crippen LogP contribution in [0.1, 0.15) is 45.4 Å². The number of carbonyl (C=O) groups is 2. The number of hydrogen-bond acceptors (Lipinski definition) is 3. The summed E-state index contributed by atoms with van der Waals surface area (Å²) in [6.07, 6.45) is 5.52. The molecule has 3 heteroatoms. The first kappa shape index (κ1) is 10.7. The maximum Gasteiger partial charge on any atom is 0.319 e. The minimum absolute atomic E-state index is 0.0619. The van der Waals surface area contributed by atoms with Gasteiger partial charge in [-0.1, -0.05) is 13.3 Å². The Labute approximate surface area is 90.2 Å². The molecule has 15 heavy (non-hydrogen) atoms. The molecule has 0 aromatic rings. The van der Waals surface area contributed by atoms with Gasteiger partial charge in [0.1, 0.15) is 11.2 Å². The number of esters is 1. The average molecular weight is 210 g/mol. The molecule has 2 rings (SSSR count). The molecule has 2 aliphatic carbocycles. The summed E-state index contributed by atoms with van der Waals surface area (Å²) in [7, 11) is 1.37. The van der Waals surface area contributed by atoms with Gasteiger partial charge in [-0.05, 0) is 31.1 Å². The zero-order valence-electron chi connectivity index (χ0n) is 9.47. The molecule has 0 radical (unpaired) electrons. The molecule has 2 saturated carbocycles. The van der Waals surface area contributed by atoms with Gasteiger partial charge in [-0.2, -0.15) is 0 Å². The van der Waals surface area contributed by atoms with Crippen molar-refractivity contribution in [2.24, 2.45) is 10.8 Å². The average Bonchev–Trinajstić information content (AvgIpc) is 2.13. The Balaban J connectivity index is 2.13. The van der Waals surface area contributed by atoms with Gasteiger partial charge in [-0.25, -0.2) is 0 Å². The number of ketones is 1. The van der Waals surface area contributed by atoms with E-state index in [0.29, 0.717) is 11.8 Å². The molecule has 0 aromatic heterocycles. The SMILES string of the molecule is CCC(=O)C1(C(=O)OC)CC2(CCC2)C1. The molecule has 3 nitrogen and oxygen atoms in total. The van der Waals surface area contributed by atoms with E-state index in [9.17, 15) is 9.59 Å². The first-order valence-electron chi connectivity index (χ1n) is 5.70. The van der Waals surface area contributed by atoms with E-state index in [0.717, 1.165) is 12.8 Å². The van der Waals surface area contributed by atoms with E-state index in [1.807, 2.05) is 6.92 Å². The van der Waals surface area contributed by atoms with Gasteiger partial charge in [0.2, 0.25) is 0 Å². The van der Waals surface area contributed by atoms with Crippen LogP contribution in [0.15, 0.2) is 0 Å². The van der Waals surface area contributed by atoms with Crippen molar-refractivity contribution in [1.82, 2.24) is 0 Å². The Morgan fingerprint density at radius 1 is 1.27 bits per heavy atom. The Hall–Kier alpha value is -0.860. The number of Topliss-reactive ketones (excluding diaryl/α,β-unsaturated/α-hetero) is 1. The van der Waals surface area contributed by atoms with Gasteiger partial charge in [0.25, 0.3) is 0 Å². The van der Waals surface area contributed by atoms with Crippen molar-refractivity contribution < 1.29 is 14.3 Å². The summed E-state index contributed by atoms with van der Waals surface area (Å²) in [5, 5.41) is 0. The molecule has 1 spiro atoms. The predicted molar refractivity (Wildman–Crippen MR) is 55.3 cm³/mol. The van der Waals surface area contributed by atoms with Crippen molar-refractivity contribution in [2.75, 3.05) is 7.11 Å². The molecule has 0 aliphatic heterocycles. The van der Waals surface area contributed by atoms with Crippen molar-refractivity contribution in [1.29, 1.82) is 0 Å². The first-order chi connectivity index (χ1) is 7.08. The van der Waals surface area contributed by atoms with Crippen LogP contribution in [-0.4, -0.2) is 18.9 Å². The van der Waals surface area contributed by atoms with Gasteiger partial charge >= 0.3 is 5.97 Å². The molecule has 0 saturated heterocycles. The van der Waals surface area contributed by atoms with Crippen LogP contribution in [-0.2, 0) is 14.3 Å². The molecule has 84 valence electrons. The van der Waals surface area contributed by atoms with Gasteiger partial charge < -0.3 is 4.74 Å². The lowest BCUT2D eigenvalue weighted by Gasteiger charge is -2.58. The number of hydrogen-bond donors (Lipinski definition) is 0. The lowest BCUT2D eigenvalue weighted by molar-refractivity contribution is -0.182. The van der Waals surface area contributed by atoms with Gasteiger partial charge in [0.15, 0.2) is 0 Å². The van der Waals surface area contributed by atoms with Gasteiger partial charge in [-0.3, -0.25) is 9.59 Å². The van der Waals surface area contributed by atoms with Gasteiger partial charge in [0, 0.05) is 6.42 Å². The van der Waals surface area contributed by atoms with E-state index >= 15 is 0 Å². The summed E-state index contributed by atoms with van der Waals surface area (Å²) >= 11 is 0. The fourth-order valence-electron chi connectivity index (χ4n) is 3.25. The first-order valence-corrected chi connectivity index (χ1v) is 5.70. The highest BCUT2D eigenvalue weighted by atomic mass is 16.5. The topological polar surface area (TPSA) is 43.4 Å². The zero-order chi connectivity index (χ0) is 11.1. The van der Waals surface area contributed by atoms with Crippen molar-refractivity contribution in [3.8, 4) is 0 Å². The van der Waals surface area contributed by atoms with Crippen LogP contribution in [0.2, 0.25) is 0 Å². The summed E-state index contributed by atoms with van der Waals surface area (Å²) in [5.74, 6) is -0.251. The molecule has 0 amide bonds. The molecule has 0 aromatic carbocycles. The quantitative estimate of drug-likeness (QED) is 0.529. The summed E-state index contributed by atoms with van der Waals surface area (Å²) in [6, 6.07) is 0. The maximum atomic E-state index is 11.8. The monoisotopic (exact) mass is 210 g/mol. The minimum atomic E-state index is -0.774. The summed E-state index contributed by atoms with van der Waals surface area (Å²) in [5.41, 5.74) is -0.455. The Morgan fingerprint density at radius 2 is 1.87 bits per heavy atom. The second kappa shape index (κ2) is 3.32. The standard InChI is InChI=1S/C12H18O3/c1-3-9(13)12(10(14)15-2)7-11(8-12)5-4-6-11/h3-8H2,1-2H3. The third-order valence-corrected chi connectivity index (χ3v) is 4.20. The van der Waals surface area contributed by atoms with Crippen LogP contribution in [0.5, 0.6) is 0 Å². The molecule has 0 atom stereocenters. The van der Waals surface area contributed by atoms with Crippen molar-refractivity contribution in [2.45, 2.75) is 45.4 Å². The second-order valence-corrected chi connectivity index (χ2v) is 5.06. The fraction of sp³-hybridized carbons (Fsp3) is 0.833. The molecule has 0 bridgehead atoms. The van der Waals surface area contributed by atoms with Crippen molar-refractivity contribution in [3.05, 3.63) is 0 Å². The molecule has 2 aliphatic rings. The number of rotatable bonds is 3. The molecular weight excluding hydrogens is 192 g/mol. The highest BCUT2D eigenvalue weighted by Crippen LogP contribution is 2.65. The van der Waals surface area contributed by atoms with Crippen LogP contribution in [0.4, 0.5) is 0 Å². The van der Waals surface area contributed by atoms with Crippen molar-refractivity contribution in [3.63, 3.8) is 0 Å². The Bertz CT molecular complexity index is 276. The van der Waals surface area contributed by atoms with E-state index < -0.39 is 5.41 Å². The number of carbonyl (C=O) groups excluding carboxylic acids is 2. The normalized spacial score (nSPS) is 25.2. The van der Waals surface area contributed by atoms with Crippen LogP contribution in [0.3, 0.4) is 0 Å². The second-order valence-electron chi connectivity index (χ2n) is 5.06. The van der Waals surface area contributed by atoms with Crippen molar-refractivity contribution >= 4 is 11.8 Å². The summed E-state index contributed by atoms with van der Waals surface area (Å²) < 4.78 is 4.78. The van der Waals surface area contributed by atoms with Gasteiger partial charge in [0.05, 0.1) is 7.11 Å². The Kier molecular flexibility index (Phi) is 2.36. The van der Waals surface area contributed by atoms with E-state index in [2.05, 4.69) is 0 Å². The smallest absolute Gasteiger partial charge is 0.319 e. The maximum absolute atomic E-state index is 11.8. The molecular formula is C12H18O3. The minimum Gasteiger partial charge on any atom is -0.468 e. The molecule has 2 fully saturated rings.